The van der Waals surface area contributed by atoms with E-state index in [1.807, 2.05) is 4.90 Å². The summed E-state index contributed by atoms with van der Waals surface area (Å²) in [5.74, 6) is -0.254. The molecule has 1 amide bonds. The van der Waals surface area contributed by atoms with Crippen LogP contribution >= 0.6 is 0 Å². The van der Waals surface area contributed by atoms with Crippen molar-refractivity contribution in [3.05, 3.63) is 17.5 Å². The van der Waals surface area contributed by atoms with Crippen LogP contribution in [0.2, 0.25) is 0 Å². The van der Waals surface area contributed by atoms with E-state index in [4.69, 9.17) is 4.74 Å². The van der Waals surface area contributed by atoms with Crippen molar-refractivity contribution in [1.82, 2.24) is 15.3 Å². The van der Waals surface area contributed by atoms with Crippen molar-refractivity contribution >= 4 is 17.8 Å². The molecule has 3 rings (SSSR count). The first-order chi connectivity index (χ1) is 11.5. The number of methoxy groups -OCH3 is 1. The van der Waals surface area contributed by atoms with Crippen molar-refractivity contribution in [2.75, 3.05) is 31.6 Å². The molecule has 1 spiro atoms. The van der Waals surface area contributed by atoms with Crippen LogP contribution in [0.4, 0.5) is 5.95 Å². The van der Waals surface area contributed by atoms with Gasteiger partial charge in [-0.25, -0.2) is 14.8 Å². The maximum absolute atomic E-state index is 12.4. The minimum Gasteiger partial charge on any atom is -0.464 e. The van der Waals surface area contributed by atoms with Crippen molar-refractivity contribution in [1.29, 1.82) is 0 Å². The van der Waals surface area contributed by atoms with Gasteiger partial charge in [-0.05, 0) is 32.3 Å². The number of aryl methyl sites for hydroxylation is 1. The maximum atomic E-state index is 12.4. The van der Waals surface area contributed by atoms with Gasteiger partial charge < -0.3 is 20.1 Å². The Morgan fingerprint density at radius 2 is 2.29 bits per heavy atom. The molecule has 3 heterocycles. The second kappa shape index (κ2) is 6.35. The highest BCUT2D eigenvalue weighted by atomic mass is 16.5. The Bertz CT molecular complexity index is 665. The van der Waals surface area contributed by atoms with Crippen molar-refractivity contribution in [3.63, 3.8) is 0 Å². The summed E-state index contributed by atoms with van der Waals surface area (Å²) in [6.45, 7) is 3.28. The van der Waals surface area contributed by atoms with Gasteiger partial charge in [-0.2, -0.15) is 0 Å². The number of carbonyl (C=O) groups excluding carboxylic acids is 2. The molecule has 0 saturated carbocycles. The summed E-state index contributed by atoms with van der Waals surface area (Å²) in [6, 6.07) is 1.57. The van der Waals surface area contributed by atoms with Gasteiger partial charge in [0.2, 0.25) is 11.9 Å². The largest absolute Gasteiger partial charge is 0.464 e. The molecule has 8 nitrogen and oxygen atoms in total. The molecule has 2 saturated heterocycles. The normalized spacial score (nSPS) is 27.0. The van der Waals surface area contributed by atoms with Crippen LogP contribution in [0.15, 0.2) is 6.07 Å². The molecule has 8 heteroatoms. The third-order valence-electron chi connectivity index (χ3n) is 4.84. The first-order valence-corrected chi connectivity index (χ1v) is 8.11. The lowest BCUT2D eigenvalue weighted by atomic mass is 9.71. The molecule has 1 aromatic heterocycles. The minimum atomic E-state index is -0.838. The molecular weight excluding hydrogens is 312 g/mol. The van der Waals surface area contributed by atoms with Crippen LogP contribution in [0.25, 0.3) is 0 Å². The number of carbonyl (C=O) groups is 2. The van der Waals surface area contributed by atoms with Gasteiger partial charge in [0, 0.05) is 25.3 Å². The summed E-state index contributed by atoms with van der Waals surface area (Å²) in [5, 5.41) is 13.3. The third kappa shape index (κ3) is 2.82. The second-order valence-electron chi connectivity index (χ2n) is 6.43. The highest BCUT2D eigenvalue weighted by Crippen LogP contribution is 2.38. The number of ether oxygens (including phenoxy) is 1. The summed E-state index contributed by atoms with van der Waals surface area (Å²) >= 11 is 0. The summed E-state index contributed by atoms with van der Waals surface area (Å²) in [6.07, 6.45) is 1.24. The number of rotatable bonds is 2. The number of amides is 1. The molecule has 0 unspecified atom stereocenters. The molecule has 24 heavy (non-hydrogen) atoms. The topological polar surface area (TPSA) is 105 Å². The molecule has 0 aromatic carbocycles. The smallest absolute Gasteiger partial charge is 0.356 e. The highest BCUT2D eigenvalue weighted by molar-refractivity contribution is 5.87. The van der Waals surface area contributed by atoms with Gasteiger partial charge in [0.1, 0.15) is 0 Å². The summed E-state index contributed by atoms with van der Waals surface area (Å²) < 4.78 is 4.73. The second-order valence-corrected chi connectivity index (χ2v) is 6.43. The zero-order valence-corrected chi connectivity index (χ0v) is 13.9. The van der Waals surface area contributed by atoms with E-state index in [1.165, 1.54) is 7.11 Å². The Morgan fingerprint density at radius 3 is 3.00 bits per heavy atom. The number of aliphatic hydroxyl groups excluding tert-OH is 1. The highest BCUT2D eigenvalue weighted by Gasteiger charge is 2.50. The lowest BCUT2D eigenvalue weighted by Crippen LogP contribution is -2.61. The average molecular weight is 334 g/mol. The van der Waals surface area contributed by atoms with E-state index < -0.39 is 17.5 Å². The van der Waals surface area contributed by atoms with E-state index in [-0.39, 0.29) is 11.6 Å². The van der Waals surface area contributed by atoms with Crippen molar-refractivity contribution in [2.24, 2.45) is 5.41 Å². The molecule has 0 radical (unpaired) electrons. The number of piperidine rings is 2. The monoisotopic (exact) mass is 334 g/mol. The fraction of sp³-hybridized carbons (Fsp3) is 0.625. The molecule has 2 fully saturated rings. The molecule has 0 bridgehead atoms. The quantitative estimate of drug-likeness (QED) is 0.736. The number of esters is 1. The van der Waals surface area contributed by atoms with E-state index in [9.17, 15) is 14.7 Å². The molecule has 2 aliphatic rings. The van der Waals surface area contributed by atoms with E-state index in [0.29, 0.717) is 44.1 Å². The Balaban J connectivity index is 1.91. The standard InChI is InChI=1S/C16H22N4O4/c1-10-8-11(13(22)24-2)19-15(18-10)20-7-4-12(21)16(9-20)5-3-6-17-14(16)23/h8,12,21H,3-7,9H2,1-2H3,(H,17,23)/t12-,16+/m0/s1. The molecule has 2 N–H and O–H groups in total. The fourth-order valence-electron chi connectivity index (χ4n) is 3.52. The van der Waals surface area contributed by atoms with Gasteiger partial charge in [-0.15, -0.1) is 0 Å². The number of aliphatic hydroxyl groups is 1. The van der Waals surface area contributed by atoms with Crippen LogP contribution < -0.4 is 10.2 Å². The average Bonchev–Trinajstić information content (AvgIpc) is 2.58. The number of aromatic nitrogens is 2. The first kappa shape index (κ1) is 16.6. The molecule has 1 aromatic rings. The summed E-state index contributed by atoms with van der Waals surface area (Å²) in [5.41, 5.74) is -0.00313. The van der Waals surface area contributed by atoms with E-state index in [1.54, 1.807) is 13.0 Å². The van der Waals surface area contributed by atoms with Gasteiger partial charge in [-0.3, -0.25) is 4.79 Å². The van der Waals surface area contributed by atoms with Gasteiger partial charge in [-0.1, -0.05) is 0 Å². The van der Waals surface area contributed by atoms with E-state index in [2.05, 4.69) is 15.3 Å². The summed E-state index contributed by atoms with van der Waals surface area (Å²) in [7, 11) is 1.30. The molecule has 2 aliphatic heterocycles. The zero-order valence-electron chi connectivity index (χ0n) is 13.9. The van der Waals surface area contributed by atoms with Gasteiger partial charge in [0.25, 0.3) is 0 Å². The minimum absolute atomic E-state index is 0.119. The van der Waals surface area contributed by atoms with Crippen molar-refractivity contribution < 1.29 is 19.4 Å². The molecule has 2 atom stereocenters. The number of nitrogens with one attached hydrogen (secondary N) is 1. The van der Waals surface area contributed by atoms with Crippen LogP contribution in [-0.2, 0) is 9.53 Å². The van der Waals surface area contributed by atoms with Crippen LogP contribution in [0.1, 0.15) is 35.4 Å². The Labute approximate surface area is 140 Å². The van der Waals surface area contributed by atoms with Crippen molar-refractivity contribution in [2.45, 2.75) is 32.3 Å². The Kier molecular flexibility index (Phi) is 4.40. The predicted molar refractivity (Wildman–Crippen MR) is 85.6 cm³/mol. The van der Waals surface area contributed by atoms with Gasteiger partial charge >= 0.3 is 5.97 Å². The lowest BCUT2D eigenvalue weighted by molar-refractivity contribution is -0.142. The van der Waals surface area contributed by atoms with Gasteiger partial charge in [0.05, 0.1) is 18.6 Å². The van der Waals surface area contributed by atoms with Crippen LogP contribution in [0, 0.1) is 12.3 Å². The summed E-state index contributed by atoms with van der Waals surface area (Å²) in [4.78, 5) is 34.7. The number of anilines is 1. The van der Waals surface area contributed by atoms with Crippen LogP contribution in [-0.4, -0.2) is 59.8 Å². The van der Waals surface area contributed by atoms with Gasteiger partial charge in [0.15, 0.2) is 5.69 Å². The van der Waals surface area contributed by atoms with Crippen LogP contribution in [0.3, 0.4) is 0 Å². The number of hydrogen-bond acceptors (Lipinski definition) is 7. The molecule has 0 aliphatic carbocycles. The number of hydrogen-bond donors (Lipinski definition) is 2. The first-order valence-electron chi connectivity index (χ1n) is 8.11. The third-order valence-corrected chi connectivity index (χ3v) is 4.84. The Hall–Kier alpha value is -2.22. The predicted octanol–water partition coefficient (Wildman–Crippen LogP) is 0.0390. The molecule has 130 valence electrons. The number of nitrogens with zero attached hydrogens (tertiary/aromatic N) is 3. The lowest BCUT2D eigenvalue weighted by Gasteiger charge is -2.46. The maximum Gasteiger partial charge on any atom is 0.356 e. The van der Waals surface area contributed by atoms with Crippen LogP contribution in [0.5, 0.6) is 0 Å². The molecular formula is C16H22N4O4. The van der Waals surface area contributed by atoms with E-state index in [0.717, 1.165) is 6.42 Å². The SMILES string of the molecule is COC(=O)c1cc(C)nc(N2CC[C@H](O)[C@@]3(CCCNC3=O)C2)n1. The zero-order chi connectivity index (χ0) is 17.3. The van der Waals surface area contributed by atoms with E-state index >= 15 is 0 Å². The Morgan fingerprint density at radius 1 is 1.50 bits per heavy atom. The fourth-order valence-corrected chi connectivity index (χ4v) is 3.52. The van der Waals surface area contributed by atoms with Crippen molar-refractivity contribution in [3.8, 4) is 0 Å².